The van der Waals surface area contributed by atoms with E-state index in [0.29, 0.717) is 0 Å². The summed E-state index contributed by atoms with van der Waals surface area (Å²) in [6.07, 6.45) is 12.5. The SMILES string of the molecule is CCCCCCCCCCCN.O=S(=O)(O)c1ccccc1. The molecule has 1 aromatic rings. The molecule has 0 aromatic heterocycles. The zero-order valence-electron chi connectivity index (χ0n) is 13.7. The van der Waals surface area contributed by atoms with Crippen molar-refractivity contribution in [2.75, 3.05) is 6.54 Å². The molecule has 3 N–H and O–H groups in total. The minimum absolute atomic E-state index is 0.0741. The van der Waals surface area contributed by atoms with Gasteiger partial charge in [0.2, 0.25) is 0 Å². The van der Waals surface area contributed by atoms with E-state index >= 15 is 0 Å². The van der Waals surface area contributed by atoms with Gasteiger partial charge in [-0.05, 0) is 25.1 Å². The van der Waals surface area contributed by atoms with Crippen molar-refractivity contribution in [1.29, 1.82) is 0 Å². The molecule has 0 saturated carbocycles. The molecule has 1 aromatic carbocycles. The van der Waals surface area contributed by atoms with Gasteiger partial charge in [0.15, 0.2) is 0 Å². The van der Waals surface area contributed by atoms with E-state index in [1.54, 1.807) is 18.2 Å². The van der Waals surface area contributed by atoms with Gasteiger partial charge in [-0.15, -0.1) is 0 Å². The van der Waals surface area contributed by atoms with Crippen LogP contribution in [-0.4, -0.2) is 19.5 Å². The van der Waals surface area contributed by atoms with Gasteiger partial charge < -0.3 is 5.73 Å². The predicted molar refractivity (Wildman–Crippen MR) is 92.5 cm³/mol. The molecule has 0 aliphatic rings. The second-order valence-corrected chi connectivity index (χ2v) is 6.83. The Morgan fingerprint density at radius 1 is 0.864 bits per heavy atom. The van der Waals surface area contributed by atoms with E-state index in [4.69, 9.17) is 10.3 Å². The molecule has 0 atom stereocenters. The highest BCUT2D eigenvalue weighted by atomic mass is 32.2. The van der Waals surface area contributed by atoms with E-state index in [9.17, 15) is 8.42 Å². The lowest BCUT2D eigenvalue weighted by Crippen LogP contribution is -1.97. The van der Waals surface area contributed by atoms with E-state index < -0.39 is 10.1 Å². The number of nitrogens with two attached hydrogens (primary N) is 1. The Bertz CT molecular complexity index is 436. The average Bonchev–Trinajstić information content (AvgIpc) is 2.51. The summed E-state index contributed by atoms with van der Waals surface area (Å²) in [7, 11) is -4.00. The maximum Gasteiger partial charge on any atom is 0.294 e. The fraction of sp³-hybridized carbons (Fsp3) is 0.647. The number of hydrogen-bond acceptors (Lipinski definition) is 3. The van der Waals surface area contributed by atoms with Crippen LogP contribution in [0.15, 0.2) is 35.2 Å². The largest absolute Gasteiger partial charge is 0.330 e. The third-order valence-electron chi connectivity index (χ3n) is 3.35. The summed E-state index contributed by atoms with van der Waals surface area (Å²) in [6.45, 7) is 3.14. The van der Waals surface area contributed by atoms with Crippen molar-refractivity contribution in [1.82, 2.24) is 0 Å². The highest BCUT2D eigenvalue weighted by Crippen LogP contribution is 2.08. The molecule has 22 heavy (non-hydrogen) atoms. The maximum absolute atomic E-state index is 10.4. The maximum atomic E-state index is 10.4. The summed E-state index contributed by atoms with van der Waals surface area (Å²) in [4.78, 5) is -0.0741. The fourth-order valence-electron chi connectivity index (χ4n) is 2.05. The van der Waals surface area contributed by atoms with E-state index in [1.165, 1.54) is 69.9 Å². The molecule has 0 unspecified atom stereocenters. The second kappa shape index (κ2) is 13.7. The Kier molecular flexibility index (Phi) is 13.2. The molecule has 128 valence electrons. The van der Waals surface area contributed by atoms with Gasteiger partial charge in [0.05, 0.1) is 4.90 Å². The zero-order chi connectivity index (χ0) is 16.7. The van der Waals surface area contributed by atoms with Crippen molar-refractivity contribution < 1.29 is 13.0 Å². The molecule has 0 spiro atoms. The van der Waals surface area contributed by atoms with E-state index in [2.05, 4.69) is 6.92 Å². The average molecular weight is 330 g/mol. The lowest BCUT2D eigenvalue weighted by atomic mass is 10.1. The normalized spacial score (nSPS) is 10.9. The number of benzene rings is 1. The first-order valence-corrected chi connectivity index (χ1v) is 9.69. The second-order valence-electron chi connectivity index (χ2n) is 5.41. The molecular formula is C17H31NO3S. The first kappa shape index (κ1) is 21.1. The summed E-state index contributed by atoms with van der Waals surface area (Å²) < 4.78 is 29.2. The molecule has 5 heteroatoms. The Morgan fingerprint density at radius 3 is 1.68 bits per heavy atom. The van der Waals surface area contributed by atoms with Gasteiger partial charge >= 0.3 is 0 Å². The number of hydrogen-bond donors (Lipinski definition) is 2. The lowest BCUT2D eigenvalue weighted by Gasteiger charge is -1.99. The van der Waals surface area contributed by atoms with Crippen LogP contribution in [0.25, 0.3) is 0 Å². The molecule has 0 aliphatic carbocycles. The third-order valence-corrected chi connectivity index (χ3v) is 4.22. The van der Waals surface area contributed by atoms with Crippen LogP contribution in [0.3, 0.4) is 0 Å². The van der Waals surface area contributed by atoms with Crippen molar-refractivity contribution in [3.63, 3.8) is 0 Å². The van der Waals surface area contributed by atoms with Crippen LogP contribution in [-0.2, 0) is 10.1 Å². The highest BCUT2D eigenvalue weighted by molar-refractivity contribution is 7.85. The van der Waals surface area contributed by atoms with Crippen LogP contribution in [0, 0.1) is 0 Å². The minimum atomic E-state index is -4.00. The smallest absolute Gasteiger partial charge is 0.294 e. The van der Waals surface area contributed by atoms with Gasteiger partial charge in [0.1, 0.15) is 0 Å². The minimum Gasteiger partial charge on any atom is -0.330 e. The number of rotatable bonds is 10. The molecule has 0 fully saturated rings. The Labute approximate surface area is 135 Å². The van der Waals surface area contributed by atoms with Crippen LogP contribution in [0.4, 0.5) is 0 Å². The Hall–Kier alpha value is -0.910. The Balaban J connectivity index is 0.000000406. The van der Waals surface area contributed by atoms with Crippen molar-refractivity contribution in [3.8, 4) is 0 Å². The molecule has 4 nitrogen and oxygen atoms in total. The third kappa shape index (κ3) is 12.8. The van der Waals surface area contributed by atoms with Crippen LogP contribution < -0.4 is 5.73 Å². The predicted octanol–water partition coefficient (Wildman–Crippen LogP) is 4.41. The van der Waals surface area contributed by atoms with Crippen molar-refractivity contribution in [2.45, 2.75) is 69.6 Å². The molecular weight excluding hydrogens is 298 g/mol. The van der Waals surface area contributed by atoms with Crippen LogP contribution >= 0.6 is 0 Å². The molecule has 0 bridgehead atoms. The molecule has 0 aliphatic heterocycles. The van der Waals surface area contributed by atoms with Crippen LogP contribution in [0.2, 0.25) is 0 Å². The van der Waals surface area contributed by atoms with E-state index in [1.807, 2.05) is 0 Å². The van der Waals surface area contributed by atoms with Gasteiger partial charge in [0.25, 0.3) is 10.1 Å². The van der Waals surface area contributed by atoms with E-state index in [0.717, 1.165) is 6.54 Å². The van der Waals surface area contributed by atoms with Crippen LogP contribution in [0.1, 0.15) is 64.7 Å². The first-order chi connectivity index (χ1) is 10.5. The summed E-state index contributed by atoms with van der Waals surface area (Å²) in [5, 5.41) is 0. The summed E-state index contributed by atoms with van der Waals surface area (Å²) in [5.41, 5.74) is 5.41. The lowest BCUT2D eigenvalue weighted by molar-refractivity contribution is 0.483. The zero-order valence-corrected chi connectivity index (χ0v) is 14.5. The molecule has 0 amide bonds. The van der Waals surface area contributed by atoms with Gasteiger partial charge in [-0.1, -0.05) is 76.5 Å². The molecule has 0 heterocycles. The Morgan fingerprint density at radius 2 is 1.32 bits per heavy atom. The molecule has 0 radical (unpaired) electrons. The number of unbranched alkanes of at least 4 members (excludes halogenated alkanes) is 8. The quantitative estimate of drug-likeness (QED) is 0.492. The van der Waals surface area contributed by atoms with Crippen LogP contribution in [0.5, 0.6) is 0 Å². The molecule has 1 rings (SSSR count). The molecule has 0 saturated heterocycles. The van der Waals surface area contributed by atoms with Crippen molar-refractivity contribution in [2.24, 2.45) is 5.73 Å². The standard InChI is InChI=1S/C11H25N.C6H6O3S/c1-2-3-4-5-6-7-8-9-10-11-12;7-10(8,9)6-4-2-1-3-5-6/h2-12H2,1H3;1-5H,(H,7,8,9). The summed E-state index contributed by atoms with van der Waals surface area (Å²) >= 11 is 0. The van der Waals surface area contributed by atoms with Gasteiger partial charge in [0, 0.05) is 0 Å². The summed E-state index contributed by atoms with van der Waals surface area (Å²) in [6, 6.07) is 7.42. The summed E-state index contributed by atoms with van der Waals surface area (Å²) in [5.74, 6) is 0. The van der Waals surface area contributed by atoms with Crippen molar-refractivity contribution in [3.05, 3.63) is 30.3 Å². The highest BCUT2D eigenvalue weighted by Gasteiger charge is 2.05. The van der Waals surface area contributed by atoms with Gasteiger partial charge in [-0.2, -0.15) is 8.42 Å². The first-order valence-electron chi connectivity index (χ1n) is 8.25. The van der Waals surface area contributed by atoms with Crippen molar-refractivity contribution >= 4 is 10.1 Å². The van der Waals surface area contributed by atoms with Gasteiger partial charge in [-0.25, -0.2) is 0 Å². The fourth-order valence-corrected chi connectivity index (χ4v) is 2.55. The monoisotopic (exact) mass is 329 g/mol. The van der Waals surface area contributed by atoms with Gasteiger partial charge in [-0.3, -0.25) is 4.55 Å². The van der Waals surface area contributed by atoms with E-state index in [-0.39, 0.29) is 4.90 Å². The topological polar surface area (TPSA) is 80.4 Å².